The van der Waals surface area contributed by atoms with Gasteiger partial charge in [0, 0.05) is 33.6 Å². The SMILES string of the molecule is Cc1cc(C(=O)N2CCSC(C)(C)CC2)ccc1Br. The van der Waals surface area contributed by atoms with Crippen molar-refractivity contribution in [1.29, 1.82) is 0 Å². The van der Waals surface area contributed by atoms with Crippen LogP contribution in [0.2, 0.25) is 0 Å². The van der Waals surface area contributed by atoms with Crippen molar-refractivity contribution in [1.82, 2.24) is 4.90 Å². The molecule has 0 radical (unpaired) electrons. The molecule has 1 aromatic rings. The fourth-order valence-electron chi connectivity index (χ4n) is 2.18. The molecule has 0 unspecified atom stereocenters. The molecular formula is C15H20BrNOS. The highest BCUT2D eigenvalue weighted by atomic mass is 79.9. The summed E-state index contributed by atoms with van der Waals surface area (Å²) in [6, 6.07) is 5.83. The van der Waals surface area contributed by atoms with Crippen molar-refractivity contribution in [3.8, 4) is 0 Å². The summed E-state index contributed by atoms with van der Waals surface area (Å²) in [4.78, 5) is 14.5. The van der Waals surface area contributed by atoms with Crippen LogP contribution in [0.1, 0.15) is 36.2 Å². The van der Waals surface area contributed by atoms with Crippen LogP contribution in [0.25, 0.3) is 0 Å². The molecule has 0 aromatic heterocycles. The summed E-state index contributed by atoms with van der Waals surface area (Å²) >= 11 is 5.44. The number of carbonyl (C=O) groups excluding carboxylic acids is 1. The van der Waals surface area contributed by atoms with Crippen molar-refractivity contribution in [3.63, 3.8) is 0 Å². The van der Waals surface area contributed by atoms with Gasteiger partial charge in [0.1, 0.15) is 0 Å². The number of nitrogens with zero attached hydrogens (tertiary/aromatic N) is 1. The van der Waals surface area contributed by atoms with E-state index in [0.29, 0.717) is 0 Å². The highest BCUT2D eigenvalue weighted by molar-refractivity contribution is 9.10. The standard InChI is InChI=1S/C15H20BrNOS/c1-11-10-12(4-5-13(11)16)14(18)17-7-6-15(2,3)19-9-8-17/h4-5,10H,6-9H2,1-3H3. The highest BCUT2D eigenvalue weighted by Gasteiger charge is 2.26. The molecule has 1 amide bonds. The van der Waals surface area contributed by atoms with Gasteiger partial charge in [-0.2, -0.15) is 11.8 Å². The summed E-state index contributed by atoms with van der Waals surface area (Å²) in [6.45, 7) is 8.24. The van der Waals surface area contributed by atoms with Crippen LogP contribution in [0.4, 0.5) is 0 Å². The fraction of sp³-hybridized carbons (Fsp3) is 0.533. The number of halogens is 1. The van der Waals surface area contributed by atoms with Gasteiger partial charge in [-0.15, -0.1) is 0 Å². The number of rotatable bonds is 1. The molecule has 0 N–H and O–H groups in total. The van der Waals surface area contributed by atoms with Gasteiger partial charge >= 0.3 is 0 Å². The van der Waals surface area contributed by atoms with E-state index in [2.05, 4.69) is 29.8 Å². The normalized spacial score (nSPS) is 19.1. The number of thioether (sulfide) groups is 1. The van der Waals surface area contributed by atoms with Gasteiger partial charge in [-0.1, -0.05) is 29.8 Å². The predicted molar refractivity (Wildman–Crippen MR) is 85.9 cm³/mol. The summed E-state index contributed by atoms with van der Waals surface area (Å²) in [5.41, 5.74) is 1.90. The maximum absolute atomic E-state index is 12.5. The quantitative estimate of drug-likeness (QED) is 0.765. The lowest BCUT2D eigenvalue weighted by atomic mass is 10.1. The molecule has 19 heavy (non-hydrogen) atoms. The summed E-state index contributed by atoms with van der Waals surface area (Å²) in [6.07, 6.45) is 1.05. The number of carbonyl (C=O) groups is 1. The van der Waals surface area contributed by atoms with E-state index < -0.39 is 0 Å². The molecule has 1 fully saturated rings. The van der Waals surface area contributed by atoms with Crippen LogP contribution in [0.3, 0.4) is 0 Å². The molecule has 0 spiro atoms. The first-order valence-corrected chi connectivity index (χ1v) is 8.36. The molecule has 0 aliphatic carbocycles. The smallest absolute Gasteiger partial charge is 0.253 e. The highest BCUT2D eigenvalue weighted by Crippen LogP contribution is 2.31. The van der Waals surface area contributed by atoms with E-state index in [0.717, 1.165) is 40.9 Å². The Morgan fingerprint density at radius 1 is 1.37 bits per heavy atom. The average molecular weight is 342 g/mol. The van der Waals surface area contributed by atoms with E-state index in [9.17, 15) is 4.79 Å². The monoisotopic (exact) mass is 341 g/mol. The second-order valence-corrected chi connectivity index (χ2v) is 8.27. The van der Waals surface area contributed by atoms with Crippen LogP contribution >= 0.6 is 27.7 Å². The first-order chi connectivity index (χ1) is 8.89. The lowest BCUT2D eigenvalue weighted by Crippen LogP contribution is -2.33. The van der Waals surface area contributed by atoms with Crippen molar-refractivity contribution < 1.29 is 4.79 Å². The van der Waals surface area contributed by atoms with Crippen LogP contribution in [0.5, 0.6) is 0 Å². The van der Waals surface area contributed by atoms with E-state index in [1.54, 1.807) is 0 Å². The van der Waals surface area contributed by atoms with Crippen LogP contribution in [0.15, 0.2) is 22.7 Å². The fourth-order valence-corrected chi connectivity index (χ4v) is 3.53. The van der Waals surface area contributed by atoms with Crippen molar-refractivity contribution in [2.24, 2.45) is 0 Å². The molecular weight excluding hydrogens is 322 g/mol. The van der Waals surface area contributed by atoms with Crippen molar-refractivity contribution in [2.75, 3.05) is 18.8 Å². The van der Waals surface area contributed by atoms with E-state index >= 15 is 0 Å². The molecule has 1 saturated heterocycles. The summed E-state index contributed by atoms with van der Waals surface area (Å²) in [5, 5.41) is 0. The number of hydrogen-bond acceptors (Lipinski definition) is 2. The van der Waals surface area contributed by atoms with E-state index in [-0.39, 0.29) is 10.7 Å². The number of hydrogen-bond donors (Lipinski definition) is 0. The molecule has 1 aromatic carbocycles. The molecule has 0 atom stereocenters. The first-order valence-electron chi connectivity index (χ1n) is 6.58. The Morgan fingerprint density at radius 2 is 2.11 bits per heavy atom. The molecule has 4 heteroatoms. The van der Waals surface area contributed by atoms with Crippen LogP contribution in [-0.2, 0) is 0 Å². The molecule has 1 aliphatic heterocycles. The lowest BCUT2D eigenvalue weighted by Gasteiger charge is -2.23. The predicted octanol–water partition coefficient (Wildman–Crippen LogP) is 4.12. The van der Waals surface area contributed by atoms with E-state index in [1.165, 1.54) is 0 Å². The largest absolute Gasteiger partial charge is 0.338 e. The molecule has 1 heterocycles. The zero-order valence-electron chi connectivity index (χ0n) is 11.7. The zero-order valence-corrected chi connectivity index (χ0v) is 14.1. The Morgan fingerprint density at radius 3 is 2.79 bits per heavy atom. The maximum atomic E-state index is 12.5. The first kappa shape index (κ1) is 14.9. The Bertz CT molecular complexity index is 487. The van der Waals surface area contributed by atoms with Gasteiger partial charge < -0.3 is 4.90 Å². The van der Waals surface area contributed by atoms with Gasteiger partial charge in [-0.05, 0) is 37.1 Å². The average Bonchev–Trinajstić information content (AvgIpc) is 2.53. The Kier molecular flexibility index (Phi) is 4.62. The minimum Gasteiger partial charge on any atom is -0.338 e. The van der Waals surface area contributed by atoms with Crippen LogP contribution in [0, 0.1) is 6.92 Å². The van der Waals surface area contributed by atoms with Crippen molar-refractivity contribution in [3.05, 3.63) is 33.8 Å². The lowest BCUT2D eigenvalue weighted by molar-refractivity contribution is 0.0764. The van der Waals surface area contributed by atoms with E-state index in [1.807, 2.05) is 41.8 Å². The van der Waals surface area contributed by atoms with Crippen molar-refractivity contribution in [2.45, 2.75) is 31.9 Å². The zero-order chi connectivity index (χ0) is 14.0. The molecule has 2 nitrogen and oxygen atoms in total. The van der Waals surface area contributed by atoms with Crippen molar-refractivity contribution >= 4 is 33.6 Å². The number of aryl methyl sites for hydroxylation is 1. The summed E-state index contributed by atoms with van der Waals surface area (Å²) in [7, 11) is 0. The minimum absolute atomic E-state index is 0.161. The second-order valence-electron chi connectivity index (χ2n) is 5.61. The maximum Gasteiger partial charge on any atom is 0.253 e. The summed E-state index contributed by atoms with van der Waals surface area (Å²) < 4.78 is 1.33. The van der Waals surface area contributed by atoms with Crippen LogP contribution < -0.4 is 0 Å². The second kappa shape index (κ2) is 5.88. The molecule has 1 aliphatic rings. The molecule has 2 rings (SSSR count). The van der Waals surface area contributed by atoms with Gasteiger partial charge in [0.05, 0.1) is 0 Å². The topological polar surface area (TPSA) is 20.3 Å². The van der Waals surface area contributed by atoms with E-state index in [4.69, 9.17) is 0 Å². The minimum atomic E-state index is 0.161. The Labute approximate surface area is 128 Å². The van der Waals surface area contributed by atoms with Gasteiger partial charge in [0.2, 0.25) is 0 Å². The molecule has 104 valence electrons. The molecule has 0 bridgehead atoms. The number of benzene rings is 1. The van der Waals surface area contributed by atoms with Gasteiger partial charge in [0.25, 0.3) is 5.91 Å². The Balaban J connectivity index is 2.13. The van der Waals surface area contributed by atoms with Crippen LogP contribution in [-0.4, -0.2) is 34.4 Å². The third-order valence-corrected chi connectivity index (χ3v) is 5.79. The Hall–Kier alpha value is -0.480. The number of amides is 1. The molecule has 0 saturated carbocycles. The van der Waals surface area contributed by atoms with Gasteiger partial charge in [0.15, 0.2) is 0 Å². The summed E-state index contributed by atoms with van der Waals surface area (Å²) in [5.74, 6) is 1.18. The van der Waals surface area contributed by atoms with Gasteiger partial charge in [-0.25, -0.2) is 0 Å². The third kappa shape index (κ3) is 3.76. The third-order valence-electron chi connectivity index (χ3n) is 3.53. The van der Waals surface area contributed by atoms with Gasteiger partial charge in [-0.3, -0.25) is 4.79 Å².